The van der Waals surface area contributed by atoms with Gasteiger partial charge in [0.05, 0.1) is 17.1 Å². The highest BCUT2D eigenvalue weighted by molar-refractivity contribution is 7.10. The van der Waals surface area contributed by atoms with Gasteiger partial charge < -0.3 is 19.5 Å². The van der Waals surface area contributed by atoms with Gasteiger partial charge in [0.2, 0.25) is 0 Å². The van der Waals surface area contributed by atoms with Crippen molar-refractivity contribution >= 4 is 40.0 Å². The first-order valence-electron chi connectivity index (χ1n) is 10.8. The summed E-state index contributed by atoms with van der Waals surface area (Å²) in [6, 6.07) is 3.53. The summed E-state index contributed by atoms with van der Waals surface area (Å²) in [5.74, 6) is -0.291. The van der Waals surface area contributed by atoms with Crippen LogP contribution in [0.3, 0.4) is 0 Å². The van der Waals surface area contributed by atoms with E-state index in [1.165, 1.54) is 27.9 Å². The van der Waals surface area contributed by atoms with Crippen LogP contribution in [0.5, 0.6) is 0 Å². The lowest BCUT2D eigenvalue weighted by atomic mass is 10.1. The second kappa shape index (κ2) is 9.66. The number of aromatic nitrogens is 4. The number of pyridine rings is 1. The molecule has 1 saturated heterocycles. The molecule has 4 heterocycles. The summed E-state index contributed by atoms with van der Waals surface area (Å²) < 4.78 is 11.0. The third-order valence-corrected chi connectivity index (χ3v) is 6.33. The van der Waals surface area contributed by atoms with Crippen molar-refractivity contribution in [1.82, 2.24) is 23.8 Å². The van der Waals surface area contributed by atoms with E-state index in [-0.39, 0.29) is 23.9 Å². The Morgan fingerprint density at radius 3 is 2.74 bits per heavy atom. The van der Waals surface area contributed by atoms with E-state index < -0.39 is 5.97 Å². The molecule has 11 nitrogen and oxygen atoms in total. The number of likely N-dealkylation sites (N-methyl/N-ethyl adjacent to an activating group) is 1. The van der Waals surface area contributed by atoms with E-state index in [2.05, 4.69) is 26.2 Å². The smallest absolute Gasteiger partial charge is 0.302 e. The maximum Gasteiger partial charge on any atom is 0.302 e. The van der Waals surface area contributed by atoms with Gasteiger partial charge >= 0.3 is 5.97 Å². The number of amides is 1. The molecular weight excluding hydrogens is 470 g/mol. The first kappa shape index (κ1) is 24.1. The Hall–Kier alpha value is -4.06. The van der Waals surface area contributed by atoms with E-state index in [0.717, 1.165) is 5.69 Å². The minimum atomic E-state index is -0.476. The molecule has 0 spiro atoms. The SMILES string of the molecule is C=C1C(=O)N(c2nccc(-c3cn(C)c(=O)c(Nc4cc(C)ns4)n3)c2COC(C)=O)CCN1C. The fourth-order valence-corrected chi connectivity index (χ4v) is 4.29. The summed E-state index contributed by atoms with van der Waals surface area (Å²) in [6.07, 6.45) is 3.15. The summed E-state index contributed by atoms with van der Waals surface area (Å²) in [5.41, 5.74) is 2.37. The zero-order chi connectivity index (χ0) is 25.3. The van der Waals surface area contributed by atoms with E-state index >= 15 is 0 Å². The van der Waals surface area contributed by atoms with Crippen molar-refractivity contribution in [3.63, 3.8) is 0 Å². The molecule has 12 heteroatoms. The molecule has 0 atom stereocenters. The van der Waals surface area contributed by atoms with E-state index in [4.69, 9.17) is 4.74 Å². The van der Waals surface area contributed by atoms with Crippen molar-refractivity contribution in [3.8, 4) is 11.3 Å². The lowest BCUT2D eigenvalue weighted by Gasteiger charge is -2.35. The minimum Gasteiger partial charge on any atom is -0.461 e. The van der Waals surface area contributed by atoms with Gasteiger partial charge in [0, 0.05) is 57.6 Å². The van der Waals surface area contributed by atoms with E-state index in [1.807, 2.05) is 13.0 Å². The Kier molecular flexibility index (Phi) is 6.65. The van der Waals surface area contributed by atoms with Gasteiger partial charge in [-0.3, -0.25) is 19.3 Å². The Morgan fingerprint density at radius 1 is 1.29 bits per heavy atom. The van der Waals surface area contributed by atoms with Crippen LogP contribution in [0.4, 0.5) is 16.6 Å². The van der Waals surface area contributed by atoms with Gasteiger partial charge in [0.1, 0.15) is 17.4 Å². The lowest BCUT2D eigenvalue weighted by Crippen LogP contribution is -2.47. The monoisotopic (exact) mass is 495 g/mol. The number of anilines is 3. The van der Waals surface area contributed by atoms with Crippen molar-refractivity contribution in [3.05, 3.63) is 58.4 Å². The third-order valence-electron chi connectivity index (χ3n) is 5.54. The zero-order valence-corrected chi connectivity index (χ0v) is 20.7. The number of piperazine rings is 1. The number of hydrogen-bond acceptors (Lipinski definition) is 10. The van der Waals surface area contributed by atoms with Gasteiger partial charge in [-0.05, 0) is 30.6 Å². The third kappa shape index (κ3) is 4.92. The van der Waals surface area contributed by atoms with E-state index in [0.29, 0.717) is 46.4 Å². The quantitative estimate of drug-likeness (QED) is 0.405. The molecule has 0 radical (unpaired) electrons. The highest BCUT2D eigenvalue weighted by Crippen LogP contribution is 2.32. The predicted molar refractivity (Wildman–Crippen MR) is 132 cm³/mol. The van der Waals surface area contributed by atoms with Crippen LogP contribution in [-0.4, -0.2) is 55.8 Å². The van der Waals surface area contributed by atoms with E-state index in [1.54, 1.807) is 37.5 Å². The van der Waals surface area contributed by atoms with Crippen LogP contribution in [-0.2, 0) is 28.0 Å². The van der Waals surface area contributed by atoms with Crippen molar-refractivity contribution < 1.29 is 14.3 Å². The van der Waals surface area contributed by atoms with Gasteiger partial charge in [-0.1, -0.05) is 6.58 Å². The maximum absolute atomic E-state index is 13.0. The lowest BCUT2D eigenvalue weighted by molar-refractivity contribution is -0.142. The molecule has 1 N–H and O–H groups in total. The number of rotatable bonds is 6. The van der Waals surface area contributed by atoms with Crippen LogP contribution >= 0.6 is 11.5 Å². The number of hydrogen-bond donors (Lipinski definition) is 1. The average Bonchev–Trinajstić information content (AvgIpc) is 3.23. The average molecular weight is 496 g/mol. The highest BCUT2D eigenvalue weighted by Gasteiger charge is 2.30. The first-order chi connectivity index (χ1) is 16.7. The number of nitrogens with one attached hydrogen (secondary N) is 1. The molecule has 4 rings (SSSR count). The van der Waals surface area contributed by atoms with Crippen LogP contribution in [0.1, 0.15) is 18.2 Å². The van der Waals surface area contributed by atoms with Gasteiger partial charge in [-0.25, -0.2) is 9.97 Å². The summed E-state index contributed by atoms with van der Waals surface area (Å²) in [6.45, 7) is 7.87. The summed E-state index contributed by atoms with van der Waals surface area (Å²) in [5, 5.41) is 3.72. The molecule has 0 aromatic carbocycles. The fourth-order valence-electron chi connectivity index (χ4n) is 3.63. The molecule has 0 aliphatic carbocycles. The number of carbonyl (C=O) groups is 2. The number of carbonyl (C=O) groups excluding carboxylic acids is 2. The molecule has 1 fully saturated rings. The molecule has 3 aromatic heterocycles. The van der Waals surface area contributed by atoms with Crippen molar-refractivity contribution in [2.45, 2.75) is 20.5 Å². The van der Waals surface area contributed by atoms with Crippen LogP contribution in [0.15, 0.2) is 41.6 Å². The zero-order valence-electron chi connectivity index (χ0n) is 19.9. The number of ether oxygens (including phenoxy) is 1. The molecule has 1 amide bonds. The number of aryl methyl sites for hydroxylation is 2. The van der Waals surface area contributed by atoms with Crippen molar-refractivity contribution in [2.75, 3.05) is 30.4 Å². The van der Waals surface area contributed by atoms with Crippen LogP contribution in [0.2, 0.25) is 0 Å². The standard InChI is InChI=1S/C23H25N7O4S/c1-13-10-19(35-27-13)26-20-23(33)29(5)11-18(25-20)16-6-7-24-21(17(16)12-34-15(3)31)30-9-8-28(4)14(2)22(30)32/h6-7,10-11H,2,8-9,12H2,1,3-5H3,(H,25,26). The number of esters is 1. The second-order valence-electron chi connectivity index (χ2n) is 8.11. The second-order valence-corrected chi connectivity index (χ2v) is 8.92. The number of nitrogens with zero attached hydrogens (tertiary/aromatic N) is 6. The van der Waals surface area contributed by atoms with Crippen molar-refractivity contribution in [1.29, 1.82) is 0 Å². The van der Waals surface area contributed by atoms with Crippen LogP contribution in [0, 0.1) is 6.92 Å². The topological polar surface area (TPSA) is 123 Å². The largest absolute Gasteiger partial charge is 0.461 e. The fraction of sp³-hybridized carbons (Fsp3) is 0.304. The maximum atomic E-state index is 13.0. The van der Waals surface area contributed by atoms with Gasteiger partial charge in [0.15, 0.2) is 5.82 Å². The van der Waals surface area contributed by atoms with Gasteiger partial charge in [-0.15, -0.1) is 0 Å². The van der Waals surface area contributed by atoms with Gasteiger partial charge in [-0.2, -0.15) is 4.37 Å². The Balaban J connectivity index is 1.83. The molecular formula is C23H25N7O4S. The highest BCUT2D eigenvalue weighted by atomic mass is 32.1. The molecule has 3 aromatic rings. The Bertz CT molecular complexity index is 1380. The van der Waals surface area contributed by atoms with Crippen LogP contribution in [0.25, 0.3) is 11.3 Å². The predicted octanol–water partition coefficient (Wildman–Crippen LogP) is 2.21. The molecule has 1 aliphatic rings. The molecule has 0 unspecified atom stereocenters. The van der Waals surface area contributed by atoms with Crippen LogP contribution < -0.4 is 15.8 Å². The molecule has 0 bridgehead atoms. The normalized spacial score (nSPS) is 13.8. The molecule has 1 aliphatic heterocycles. The van der Waals surface area contributed by atoms with Crippen molar-refractivity contribution in [2.24, 2.45) is 7.05 Å². The van der Waals surface area contributed by atoms with E-state index in [9.17, 15) is 14.4 Å². The summed E-state index contributed by atoms with van der Waals surface area (Å²) in [4.78, 5) is 49.7. The molecule has 35 heavy (non-hydrogen) atoms. The molecule has 182 valence electrons. The Morgan fingerprint density at radius 2 is 2.06 bits per heavy atom. The molecule has 0 saturated carbocycles. The summed E-state index contributed by atoms with van der Waals surface area (Å²) in [7, 11) is 3.42. The first-order valence-corrected chi connectivity index (χ1v) is 11.5. The summed E-state index contributed by atoms with van der Waals surface area (Å²) >= 11 is 1.22. The minimum absolute atomic E-state index is 0.120. The van der Waals surface area contributed by atoms with Gasteiger partial charge in [0.25, 0.3) is 11.5 Å². The Labute approximate surface area is 205 Å².